The number of carbonyl (C=O) groups is 2. The summed E-state index contributed by atoms with van der Waals surface area (Å²) in [4.78, 5) is 36.2. The number of hydrogen-bond acceptors (Lipinski definition) is 6. The second-order valence-electron chi connectivity index (χ2n) is 5.13. The van der Waals surface area contributed by atoms with Crippen LogP contribution in [-0.2, 0) is 15.0 Å². The van der Waals surface area contributed by atoms with Gasteiger partial charge in [0, 0.05) is 12.3 Å². The first kappa shape index (κ1) is 16.2. The van der Waals surface area contributed by atoms with Gasteiger partial charge < -0.3 is 19.1 Å². The molecule has 0 aromatic carbocycles. The number of aliphatic hydroxyl groups excluding tert-OH is 1. The highest BCUT2D eigenvalue weighted by Crippen LogP contribution is 2.42. The minimum absolute atomic E-state index is 0.0281. The van der Waals surface area contributed by atoms with Crippen molar-refractivity contribution in [3.8, 4) is 0 Å². The van der Waals surface area contributed by atoms with E-state index in [0.717, 1.165) is 6.07 Å². The first-order valence-electron chi connectivity index (χ1n) is 7.21. The van der Waals surface area contributed by atoms with Crippen LogP contribution in [0.5, 0.6) is 0 Å². The SMILES string of the molecule is CCOC(=O)c1cc(=O)n(C2(CO)CC2)cc1C(=O)OCC. The van der Waals surface area contributed by atoms with E-state index < -0.39 is 23.0 Å². The van der Waals surface area contributed by atoms with Gasteiger partial charge in [0.1, 0.15) is 0 Å². The van der Waals surface area contributed by atoms with Gasteiger partial charge in [0.15, 0.2) is 0 Å². The predicted octanol–water partition coefficient (Wildman–Crippen LogP) is 0.683. The lowest BCUT2D eigenvalue weighted by molar-refractivity contribution is 0.0476. The van der Waals surface area contributed by atoms with Crippen LogP contribution < -0.4 is 5.56 Å². The van der Waals surface area contributed by atoms with Gasteiger partial charge >= 0.3 is 11.9 Å². The van der Waals surface area contributed by atoms with E-state index in [1.54, 1.807) is 13.8 Å². The summed E-state index contributed by atoms with van der Waals surface area (Å²) in [6.07, 6.45) is 2.57. The van der Waals surface area contributed by atoms with Gasteiger partial charge in [-0.05, 0) is 26.7 Å². The third-order valence-corrected chi connectivity index (χ3v) is 3.68. The molecule has 0 spiro atoms. The summed E-state index contributed by atoms with van der Waals surface area (Å²) < 4.78 is 11.1. The first-order chi connectivity index (χ1) is 10.5. The number of rotatable bonds is 6. The number of pyridine rings is 1. The molecule has 1 aromatic heterocycles. The number of carbonyl (C=O) groups excluding carboxylic acids is 2. The summed E-state index contributed by atoms with van der Waals surface area (Å²) in [6.45, 7) is 3.35. The maximum atomic E-state index is 12.2. The van der Waals surface area contributed by atoms with Gasteiger partial charge in [-0.15, -0.1) is 0 Å². The molecule has 1 aliphatic carbocycles. The molecule has 22 heavy (non-hydrogen) atoms. The van der Waals surface area contributed by atoms with Crippen molar-refractivity contribution < 1.29 is 24.2 Å². The fraction of sp³-hybridized carbons (Fsp3) is 0.533. The zero-order valence-electron chi connectivity index (χ0n) is 12.6. The topological polar surface area (TPSA) is 94.8 Å². The van der Waals surface area contributed by atoms with E-state index in [1.807, 2.05) is 0 Å². The van der Waals surface area contributed by atoms with Crippen molar-refractivity contribution in [1.29, 1.82) is 0 Å². The predicted molar refractivity (Wildman–Crippen MR) is 76.9 cm³/mol. The van der Waals surface area contributed by atoms with E-state index in [9.17, 15) is 19.5 Å². The smallest absolute Gasteiger partial charge is 0.340 e. The Labute approximate surface area is 127 Å². The van der Waals surface area contributed by atoms with E-state index in [4.69, 9.17) is 9.47 Å². The van der Waals surface area contributed by atoms with Gasteiger partial charge in [-0.2, -0.15) is 0 Å². The standard InChI is InChI=1S/C15H19NO6/c1-3-21-13(19)10-7-12(18)16(15(9-17)5-6-15)8-11(10)14(20)22-4-2/h7-8,17H,3-6,9H2,1-2H3. The Morgan fingerprint density at radius 2 is 1.73 bits per heavy atom. The maximum absolute atomic E-state index is 12.2. The molecule has 0 amide bonds. The molecule has 0 radical (unpaired) electrons. The van der Waals surface area contributed by atoms with Crippen LogP contribution in [-0.4, -0.2) is 41.4 Å². The lowest BCUT2D eigenvalue weighted by Gasteiger charge is -2.18. The molecular formula is C15H19NO6. The Bertz CT molecular complexity index is 644. The molecular weight excluding hydrogens is 290 g/mol. The molecule has 0 bridgehead atoms. The van der Waals surface area contributed by atoms with Crippen molar-refractivity contribution in [2.45, 2.75) is 32.2 Å². The van der Waals surface area contributed by atoms with Crippen LogP contribution in [0.4, 0.5) is 0 Å². The van der Waals surface area contributed by atoms with Gasteiger partial charge in [0.05, 0.1) is 36.5 Å². The number of esters is 2. The van der Waals surface area contributed by atoms with Crippen LogP contribution in [0.3, 0.4) is 0 Å². The number of aromatic nitrogens is 1. The van der Waals surface area contributed by atoms with Gasteiger partial charge in [-0.3, -0.25) is 4.79 Å². The highest BCUT2D eigenvalue weighted by Gasteiger charge is 2.45. The van der Waals surface area contributed by atoms with E-state index in [2.05, 4.69) is 0 Å². The van der Waals surface area contributed by atoms with Crippen molar-refractivity contribution in [2.75, 3.05) is 19.8 Å². The summed E-state index contributed by atoms with van der Waals surface area (Å²) in [5.74, 6) is -1.45. The van der Waals surface area contributed by atoms with Crippen molar-refractivity contribution >= 4 is 11.9 Å². The molecule has 2 rings (SSSR count). The molecule has 120 valence electrons. The van der Waals surface area contributed by atoms with Crippen LogP contribution in [0.1, 0.15) is 47.4 Å². The molecule has 0 unspecified atom stereocenters. The molecule has 1 heterocycles. The largest absolute Gasteiger partial charge is 0.462 e. The molecule has 0 saturated heterocycles. The van der Waals surface area contributed by atoms with Gasteiger partial charge in [-0.1, -0.05) is 0 Å². The quantitative estimate of drug-likeness (QED) is 0.777. The summed E-state index contributed by atoms with van der Waals surface area (Å²) in [5.41, 5.74) is -1.27. The number of hydrogen-bond donors (Lipinski definition) is 1. The van der Waals surface area contributed by atoms with Crippen LogP contribution in [0.2, 0.25) is 0 Å². The second kappa shape index (κ2) is 6.31. The maximum Gasteiger partial charge on any atom is 0.340 e. The number of ether oxygens (including phenoxy) is 2. The first-order valence-corrected chi connectivity index (χ1v) is 7.21. The van der Waals surface area contributed by atoms with E-state index in [1.165, 1.54) is 10.8 Å². The Balaban J connectivity index is 2.54. The third kappa shape index (κ3) is 2.89. The average molecular weight is 309 g/mol. The Morgan fingerprint density at radius 1 is 1.18 bits per heavy atom. The molecule has 7 nitrogen and oxygen atoms in total. The van der Waals surface area contributed by atoms with Crippen LogP contribution in [0, 0.1) is 0 Å². The summed E-state index contributed by atoms with van der Waals surface area (Å²) in [6, 6.07) is 1.07. The van der Waals surface area contributed by atoms with Crippen LogP contribution in [0.15, 0.2) is 17.1 Å². The van der Waals surface area contributed by atoms with Crippen LogP contribution >= 0.6 is 0 Å². The normalized spacial score (nSPS) is 15.2. The van der Waals surface area contributed by atoms with Gasteiger partial charge in [0.25, 0.3) is 5.56 Å². The summed E-state index contributed by atoms with van der Waals surface area (Å²) >= 11 is 0. The number of nitrogens with zero attached hydrogens (tertiary/aromatic N) is 1. The van der Waals surface area contributed by atoms with Gasteiger partial charge in [-0.25, -0.2) is 9.59 Å². The third-order valence-electron chi connectivity index (χ3n) is 3.68. The highest BCUT2D eigenvalue weighted by molar-refractivity contribution is 6.02. The highest BCUT2D eigenvalue weighted by atomic mass is 16.5. The fourth-order valence-corrected chi connectivity index (χ4v) is 2.27. The molecule has 1 saturated carbocycles. The van der Waals surface area contributed by atoms with E-state index in [-0.39, 0.29) is 30.9 Å². The van der Waals surface area contributed by atoms with E-state index >= 15 is 0 Å². The molecule has 1 N–H and O–H groups in total. The molecule has 1 aliphatic rings. The molecule has 1 fully saturated rings. The fourth-order valence-electron chi connectivity index (χ4n) is 2.27. The van der Waals surface area contributed by atoms with Crippen molar-refractivity contribution in [2.24, 2.45) is 0 Å². The van der Waals surface area contributed by atoms with Crippen LogP contribution in [0.25, 0.3) is 0 Å². The Morgan fingerprint density at radius 3 is 2.18 bits per heavy atom. The second-order valence-corrected chi connectivity index (χ2v) is 5.13. The average Bonchev–Trinajstić information content (AvgIpc) is 3.28. The number of aliphatic hydroxyl groups is 1. The minimum atomic E-state index is -0.747. The molecule has 0 aliphatic heterocycles. The monoisotopic (exact) mass is 309 g/mol. The summed E-state index contributed by atoms with van der Waals surface area (Å²) in [7, 11) is 0. The molecule has 7 heteroatoms. The molecule has 0 atom stereocenters. The Hall–Kier alpha value is -2.15. The zero-order valence-corrected chi connectivity index (χ0v) is 12.6. The summed E-state index contributed by atoms with van der Waals surface area (Å²) in [5, 5.41) is 9.46. The van der Waals surface area contributed by atoms with Crippen molar-refractivity contribution in [3.63, 3.8) is 0 Å². The van der Waals surface area contributed by atoms with Crippen molar-refractivity contribution in [1.82, 2.24) is 4.57 Å². The Kier molecular flexibility index (Phi) is 4.65. The lowest BCUT2D eigenvalue weighted by atomic mass is 10.1. The van der Waals surface area contributed by atoms with Crippen molar-refractivity contribution in [3.05, 3.63) is 33.7 Å². The molecule has 1 aromatic rings. The zero-order chi connectivity index (χ0) is 16.3. The van der Waals surface area contributed by atoms with Gasteiger partial charge in [0.2, 0.25) is 0 Å². The lowest BCUT2D eigenvalue weighted by Crippen LogP contribution is -2.34. The minimum Gasteiger partial charge on any atom is -0.462 e. The van der Waals surface area contributed by atoms with E-state index in [0.29, 0.717) is 12.8 Å².